The highest BCUT2D eigenvalue weighted by Crippen LogP contribution is 2.33. The fourth-order valence-corrected chi connectivity index (χ4v) is 3.01. The SMILES string of the molecule is C/C(=C(/C=O)c1ccc(CC(C=O)NC(=O)c2c(F)c(F)c(N)c(OF)c2F)cc1)N(C)C=O. The quantitative estimate of drug-likeness (QED) is 0.177. The van der Waals surface area contributed by atoms with Gasteiger partial charge in [-0.1, -0.05) is 24.3 Å². The molecule has 1 atom stereocenters. The van der Waals surface area contributed by atoms with Crippen LogP contribution in [-0.4, -0.2) is 42.9 Å². The van der Waals surface area contributed by atoms with Crippen molar-refractivity contribution in [2.24, 2.45) is 0 Å². The summed E-state index contributed by atoms with van der Waals surface area (Å²) in [5, 5.41) is 2.02. The topological polar surface area (TPSA) is 119 Å². The third kappa shape index (κ3) is 5.22. The molecule has 0 bridgehead atoms. The van der Waals surface area contributed by atoms with Crippen molar-refractivity contribution in [1.29, 1.82) is 0 Å². The third-order valence-corrected chi connectivity index (χ3v) is 5.01. The fraction of sp³-hybridized carbons (Fsp3) is 0.182. The van der Waals surface area contributed by atoms with Crippen molar-refractivity contribution >= 4 is 36.2 Å². The van der Waals surface area contributed by atoms with Gasteiger partial charge in [0.1, 0.15) is 17.5 Å². The van der Waals surface area contributed by atoms with Gasteiger partial charge in [-0.2, -0.15) is 0 Å². The Morgan fingerprint density at radius 2 is 1.74 bits per heavy atom. The number of rotatable bonds is 10. The van der Waals surface area contributed by atoms with E-state index in [9.17, 15) is 36.9 Å². The predicted octanol–water partition coefficient (Wildman–Crippen LogP) is 2.51. The summed E-state index contributed by atoms with van der Waals surface area (Å²) in [5.41, 5.74) is 3.79. The summed E-state index contributed by atoms with van der Waals surface area (Å²) in [7, 11) is 1.47. The average molecular weight is 481 g/mol. The van der Waals surface area contributed by atoms with Crippen LogP contribution in [0, 0.1) is 17.5 Å². The van der Waals surface area contributed by atoms with E-state index in [0.29, 0.717) is 29.5 Å². The number of nitrogens with one attached hydrogen (secondary N) is 1. The first-order valence-corrected chi connectivity index (χ1v) is 9.55. The number of benzene rings is 2. The van der Waals surface area contributed by atoms with Crippen molar-refractivity contribution in [1.82, 2.24) is 10.2 Å². The highest BCUT2D eigenvalue weighted by atomic mass is 19.3. The maximum Gasteiger partial charge on any atom is 0.258 e. The van der Waals surface area contributed by atoms with Crippen molar-refractivity contribution in [3.05, 3.63) is 64.1 Å². The number of allylic oxidation sites excluding steroid dienone is 2. The number of amides is 2. The maximum absolute atomic E-state index is 14.2. The Bertz CT molecular complexity index is 1150. The molecular weight excluding hydrogens is 462 g/mol. The minimum absolute atomic E-state index is 0.143. The highest BCUT2D eigenvalue weighted by molar-refractivity contribution is 6.08. The van der Waals surface area contributed by atoms with Gasteiger partial charge in [-0.3, -0.25) is 19.3 Å². The van der Waals surface area contributed by atoms with Gasteiger partial charge >= 0.3 is 0 Å². The summed E-state index contributed by atoms with van der Waals surface area (Å²) in [4.78, 5) is 50.4. The fourth-order valence-electron chi connectivity index (χ4n) is 3.01. The van der Waals surface area contributed by atoms with Crippen LogP contribution in [-0.2, 0) is 20.8 Å². The number of aldehydes is 2. The number of hydrogen-bond acceptors (Lipinski definition) is 6. The Kier molecular flexibility index (Phi) is 8.48. The number of nitrogens with two attached hydrogens (primary N) is 1. The smallest absolute Gasteiger partial charge is 0.258 e. The number of halogens is 4. The third-order valence-electron chi connectivity index (χ3n) is 5.01. The van der Waals surface area contributed by atoms with E-state index >= 15 is 0 Å². The summed E-state index contributed by atoms with van der Waals surface area (Å²) in [6.45, 7) is 1.57. The lowest BCUT2D eigenvalue weighted by Crippen LogP contribution is -2.38. The molecule has 0 heterocycles. The van der Waals surface area contributed by atoms with E-state index in [1.165, 1.54) is 36.2 Å². The molecule has 2 rings (SSSR count). The lowest BCUT2D eigenvalue weighted by Gasteiger charge is -2.16. The van der Waals surface area contributed by atoms with Gasteiger partial charge in [0.05, 0.1) is 6.04 Å². The van der Waals surface area contributed by atoms with Gasteiger partial charge in [0.15, 0.2) is 23.7 Å². The summed E-state index contributed by atoms with van der Waals surface area (Å²) in [6.07, 6.45) is 1.24. The van der Waals surface area contributed by atoms with E-state index in [0.717, 1.165) is 0 Å². The molecule has 0 aliphatic carbocycles. The molecule has 0 saturated heterocycles. The molecule has 1 unspecified atom stereocenters. The number of nitrogens with zero attached hydrogens (tertiary/aromatic N) is 1. The number of carbonyl (C=O) groups is 4. The molecule has 8 nitrogen and oxygen atoms in total. The van der Waals surface area contributed by atoms with Gasteiger partial charge in [-0.05, 0) is 24.5 Å². The second-order valence-electron chi connectivity index (χ2n) is 7.09. The van der Waals surface area contributed by atoms with Crippen molar-refractivity contribution in [2.45, 2.75) is 19.4 Å². The number of hydrogen-bond donors (Lipinski definition) is 2. The molecule has 12 heteroatoms. The first kappa shape index (κ1) is 26.0. The van der Waals surface area contributed by atoms with E-state index in [-0.39, 0.29) is 18.3 Å². The molecule has 0 spiro atoms. The van der Waals surface area contributed by atoms with E-state index in [4.69, 9.17) is 5.73 Å². The molecular formula is C22H19F4N3O5. The second kappa shape index (κ2) is 11.1. The minimum atomic E-state index is -1.98. The van der Waals surface area contributed by atoms with Crippen molar-refractivity contribution in [2.75, 3.05) is 12.8 Å². The maximum atomic E-state index is 14.2. The normalized spacial score (nSPS) is 12.3. The molecule has 2 amide bonds. The number of carbonyl (C=O) groups excluding carboxylic acids is 4. The largest absolute Gasteiger partial charge is 0.393 e. The minimum Gasteiger partial charge on any atom is -0.393 e. The first-order valence-electron chi connectivity index (χ1n) is 9.55. The summed E-state index contributed by atoms with van der Waals surface area (Å²) in [5.74, 6) is -8.80. The van der Waals surface area contributed by atoms with E-state index in [1.54, 1.807) is 6.92 Å². The first-order chi connectivity index (χ1) is 16.1. The van der Waals surface area contributed by atoms with Crippen molar-refractivity contribution in [3.63, 3.8) is 0 Å². The lowest BCUT2D eigenvalue weighted by molar-refractivity contribution is -0.115. The molecule has 34 heavy (non-hydrogen) atoms. The van der Waals surface area contributed by atoms with Crippen LogP contribution in [0.15, 0.2) is 30.0 Å². The van der Waals surface area contributed by atoms with E-state index in [2.05, 4.69) is 4.94 Å². The molecule has 2 aromatic rings. The van der Waals surface area contributed by atoms with Crippen LogP contribution in [0.3, 0.4) is 0 Å². The molecule has 2 aromatic carbocycles. The predicted molar refractivity (Wildman–Crippen MR) is 112 cm³/mol. The number of anilines is 1. The molecule has 180 valence electrons. The molecule has 0 aliphatic rings. The van der Waals surface area contributed by atoms with Crippen LogP contribution < -0.4 is 16.0 Å². The zero-order valence-electron chi connectivity index (χ0n) is 17.9. The molecule has 0 aromatic heterocycles. The molecule has 3 N–H and O–H groups in total. The van der Waals surface area contributed by atoms with Crippen LogP contribution in [0.4, 0.5) is 23.4 Å². The molecule has 0 saturated carbocycles. The van der Waals surface area contributed by atoms with Gasteiger partial charge < -0.3 is 20.7 Å². The van der Waals surface area contributed by atoms with Crippen LogP contribution >= 0.6 is 0 Å². The van der Waals surface area contributed by atoms with Gasteiger partial charge in [-0.25, -0.2) is 13.2 Å². The molecule has 0 fully saturated rings. The lowest BCUT2D eigenvalue weighted by atomic mass is 10.00. The van der Waals surface area contributed by atoms with Crippen molar-refractivity contribution < 1.29 is 41.8 Å². The number of nitrogen functional groups attached to an aromatic ring is 1. The summed E-state index contributed by atoms with van der Waals surface area (Å²) >= 11 is 0. The van der Waals surface area contributed by atoms with Gasteiger partial charge in [0.2, 0.25) is 12.2 Å². The summed E-state index contributed by atoms with van der Waals surface area (Å²) in [6, 6.07) is 4.80. The monoisotopic (exact) mass is 481 g/mol. The zero-order chi connectivity index (χ0) is 25.6. The molecule has 0 aliphatic heterocycles. The van der Waals surface area contributed by atoms with Crippen LogP contribution in [0.2, 0.25) is 0 Å². The Morgan fingerprint density at radius 1 is 1.12 bits per heavy atom. The van der Waals surface area contributed by atoms with Crippen LogP contribution in [0.25, 0.3) is 5.57 Å². The second-order valence-corrected chi connectivity index (χ2v) is 7.09. The zero-order valence-corrected chi connectivity index (χ0v) is 17.9. The highest BCUT2D eigenvalue weighted by Gasteiger charge is 2.30. The van der Waals surface area contributed by atoms with Gasteiger partial charge in [0, 0.05) is 22.8 Å². The Morgan fingerprint density at radius 3 is 2.24 bits per heavy atom. The van der Waals surface area contributed by atoms with Gasteiger partial charge in [-0.15, -0.1) is 0 Å². The van der Waals surface area contributed by atoms with E-state index in [1.807, 2.05) is 5.32 Å². The van der Waals surface area contributed by atoms with E-state index < -0.39 is 46.4 Å². The van der Waals surface area contributed by atoms with Gasteiger partial charge in [0.25, 0.3) is 5.91 Å². The van der Waals surface area contributed by atoms with Crippen LogP contribution in [0.5, 0.6) is 5.75 Å². The summed E-state index contributed by atoms with van der Waals surface area (Å²) < 4.78 is 54.6. The Labute approximate surface area is 190 Å². The standard InChI is InChI=1S/C22H19F4N3O5/c1-11(29(2)10-32)15(9-31)13-5-3-12(4-6-13)7-14(8-30)28-22(33)16-17(23)19(25)20(27)21(34-26)18(16)24/h3-6,8-10,14H,7,27H2,1-2H3,(H,28,33)/b15-11+. The average Bonchev–Trinajstić information content (AvgIpc) is 2.83. The Hall–Kier alpha value is -4.22. The Balaban J connectivity index is 2.27. The molecule has 0 radical (unpaired) electrons. The van der Waals surface area contributed by atoms with Crippen LogP contribution in [0.1, 0.15) is 28.4 Å². The van der Waals surface area contributed by atoms with Crippen molar-refractivity contribution in [3.8, 4) is 5.75 Å².